The molecule has 0 spiro atoms. The third-order valence-electron chi connectivity index (χ3n) is 1.93. The van der Waals surface area contributed by atoms with Gasteiger partial charge in [0.05, 0.1) is 11.4 Å². The molecule has 1 aromatic heterocycles. The molecule has 0 aliphatic carbocycles. The van der Waals surface area contributed by atoms with E-state index in [9.17, 15) is 0 Å². The Morgan fingerprint density at radius 3 is 2.86 bits per heavy atom. The molecular weight excluding hydrogens is 198 g/mol. The fourth-order valence-electron chi connectivity index (χ4n) is 1.23. The summed E-state index contributed by atoms with van der Waals surface area (Å²) < 4.78 is 1.76. The summed E-state index contributed by atoms with van der Waals surface area (Å²) >= 11 is 5.87. The van der Waals surface area contributed by atoms with Crippen molar-refractivity contribution in [2.24, 2.45) is 5.73 Å². The van der Waals surface area contributed by atoms with E-state index in [-0.39, 0.29) is 0 Å². The van der Waals surface area contributed by atoms with Gasteiger partial charge in [0.25, 0.3) is 0 Å². The average molecular weight is 208 g/mol. The molecule has 2 aromatic rings. The van der Waals surface area contributed by atoms with E-state index < -0.39 is 0 Å². The van der Waals surface area contributed by atoms with Gasteiger partial charge in [-0.15, -0.1) is 0 Å². The average Bonchev–Trinajstić information content (AvgIpc) is 2.66. The van der Waals surface area contributed by atoms with Crippen molar-refractivity contribution in [3.63, 3.8) is 0 Å². The van der Waals surface area contributed by atoms with Crippen LogP contribution in [0.4, 0.5) is 0 Å². The van der Waals surface area contributed by atoms with Gasteiger partial charge in [0, 0.05) is 17.8 Å². The second-order valence-corrected chi connectivity index (χ2v) is 3.37. The minimum Gasteiger partial charge on any atom is -0.325 e. The predicted octanol–water partition coefficient (Wildman–Crippen LogP) is 1.98. The fourth-order valence-corrected chi connectivity index (χ4v) is 1.42. The Labute approximate surface area is 87.1 Å². The Hall–Kier alpha value is -1.32. The molecule has 0 fully saturated rings. The molecule has 0 aliphatic heterocycles. The molecule has 0 atom stereocenters. The summed E-state index contributed by atoms with van der Waals surface area (Å²) in [5.41, 5.74) is 7.28. The molecule has 1 heterocycles. The van der Waals surface area contributed by atoms with Crippen LogP contribution in [0, 0.1) is 0 Å². The lowest BCUT2D eigenvalue weighted by molar-refractivity contribution is 0.834. The highest BCUT2D eigenvalue weighted by molar-refractivity contribution is 6.30. The van der Waals surface area contributed by atoms with E-state index in [2.05, 4.69) is 5.10 Å². The Morgan fingerprint density at radius 1 is 1.36 bits per heavy atom. The Bertz CT molecular complexity index is 436. The standard InChI is InChI=1S/C10H10ClN3/c11-8-2-1-3-10(6-8)14-5-4-9(7-12)13-14/h1-6H,7,12H2. The zero-order valence-electron chi connectivity index (χ0n) is 7.52. The van der Waals surface area contributed by atoms with E-state index in [4.69, 9.17) is 17.3 Å². The number of aromatic nitrogens is 2. The minimum absolute atomic E-state index is 0.452. The number of hydrogen-bond donors (Lipinski definition) is 1. The second kappa shape index (κ2) is 3.82. The predicted molar refractivity (Wildman–Crippen MR) is 56.5 cm³/mol. The molecule has 0 bridgehead atoms. The number of hydrogen-bond acceptors (Lipinski definition) is 2. The van der Waals surface area contributed by atoms with Crippen molar-refractivity contribution in [1.82, 2.24) is 9.78 Å². The van der Waals surface area contributed by atoms with Gasteiger partial charge in [-0.05, 0) is 24.3 Å². The Morgan fingerprint density at radius 2 is 2.21 bits per heavy atom. The van der Waals surface area contributed by atoms with Gasteiger partial charge in [-0.3, -0.25) is 0 Å². The molecule has 2 rings (SSSR count). The SMILES string of the molecule is NCc1ccn(-c2cccc(Cl)c2)n1. The molecule has 0 aliphatic rings. The van der Waals surface area contributed by atoms with E-state index in [1.165, 1.54) is 0 Å². The van der Waals surface area contributed by atoms with Crippen LogP contribution in [-0.2, 0) is 6.54 Å². The summed E-state index contributed by atoms with van der Waals surface area (Å²) in [4.78, 5) is 0. The zero-order valence-corrected chi connectivity index (χ0v) is 8.28. The first-order valence-electron chi connectivity index (χ1n) is 4.30. The maximum absolute atomic E-state index is 5.87. The maximum atomic E-state index is 5.87. The Balaban J connectivity index is 2.39. The lowest BCUT2D eigenvalue weighted by Gasteiger charge is -2.00. The van der Waals surface area contributed by atoms with Crippen LogP contribution in [0.25, 0.3) is 5.69 Å². The first-order chi connectivity index (χ1) is 6.79. The summed E-state index contributed by atoms with van der Waals surface area (Å²) in [7, 11) is 0. The second-order valence-electron chi connectivity index (χ2n) is 2.94. The summed E-state index contributed by atoms with van der Waals surface area (Å²) in [6, 6.07) is 9.41. The summed E-state index contributed by atoms with van der Waals surface area (Å²) in [6.45, 7) is 0.452. The first kappa shape index (κ1) is 9.24. The quantitative estimate of drug-likeness (QED) is 0.819. The maximum Gasteiger partial charge on any atom is 0.0764 e. The van der Waals surface area contributed by atoms with E-state index in [0.29, 0.717) is 11.6 Å². The molecule has 0 radical (unpaired) electrons. The third-order valence-corrected chi connectivity index (χ3v) is 2.16. The lowest BCUT2D eigenvalue weighted by Crippen LogP contribution is -2.00. The van der Waals surface area contributed by atoms with Gasteiger partial charge in [-0.2, -0.15) is 5.10 Å². The molecule has 72 valence electrons. The van der Waals surface area contributed by atoms with Gasteiger partial charge >= 0.3 is 0 Å². The summed E-state index contributed by atoms with van der Waals surface area (Å²) in [6.07, 6.45) is 1.87. The van der Waals surface area contributed by atoms with Gasteiger partial charge in [0.1, 0.15) is 0 Å². The van der Waals surface area contributed by atoms with Gasteiger partial charge in [-0.25, -0.2) is 4.68 Å². The largest absolute Gasteiger partial charge is 0.325 e. The van der Waals surface area contributed by atoms with Crippen LogP contribution in [0.15, 0.2) is 36.5 Å². The van der Waals surface area contributed by atoms with E-state index in [1.54, 1.807) is 4.68 Å². The van der Waals surface area contributed by atoms with E-state index in [0.717, 1.165) is 11.4 Å². The van der Waals surface area contributed by atoms with Gasteiger partial charge in [0.15, 0.2) is 0 Å². The molecular formula is C10H10ClN3. The fraction of sp³-hybridized carbons (Fsp3) is 0.100. The number of nitrogens with zero attached hydrogens (tertiary/aromatic N) is 2. The molecule has 3 nitrogen and oxygen atoms in total. The molecule has 0 saturated carbocycles. The van der Waals surface area contributed by atoms with Crippen LogP contribution in [0.1, 0.15) is 5.69 Å². The minimum atomic E-state index is 0.452. The molecule has 14 heavy (non-hydrogen) atoms. The first-order valence-corrected chi connectivity index (χ1v) is 4.68. The lowest BCUT2D eigenvalue weighted by atomic mass is 10.3. The van der Waals surface area contributed by atoms with Crippen LogP contribution in [0.5, 0.6) is 0 Å². The van der Waals surface area contributed by atoms with Gasteiger partial charge in [0.2, 0.25) is 0 Å². The highest BCUT2D eigenvalue weighted by Crippen LogP contribution is 2.14. The van der Waals surface area contributed by atoms with Crippen LogP contribution < -0.4 is 5.73 Å². The normalized spacial score (nSPS) is 10.4. The molecule has 0 saturated heterocycles. The van der Waals surface area contributed by atoms with Gasteiger partial charge < -0.3 is 5.73 Å². The van der Waals surface area contributed by atoms with Crippen LogP contribution >= 0.6 is 11.6 Å². The van der Waals surface area contributed by atoms with Crippen LogP contribution in [0.3, 0.4) is 0 Å². The van der Waals surface area contributed by atoms with Gasteiger partial charge in [-0.1, -0.05) is 17.7 Å². The van der Waals surface area contributed by atoms with Crippen LogP contribution in [0.2, 0.25) is 5.02 Å². The Kier molecular flexibility index (Phi) is 2.52. The number of halogens is 1. The third kappa shape index (κ3) is 1.78. The highest BCUT2D eigenvalue weighted by atomic mass is 35.5. The molecule has 0 unspecified atom stereocenters. The smallest absolute Gasteiger partial charge is 0.0764 e. The van der Waals surface area contributed by atoms with Crippen molar-refractivity contribution in [3.05, 3.63) is 47.2 Å². The van der Waals surface area contributed by atoms with Crippen molar-refractivity contribution >= 4 is 11.6 Å². The van der Waals surface area contributed by atoms with Crippen molar-refractivity contribution in [2.75, 3.05) is 0 Å². The van der Waals surface area contributed by atoms with Crippen molar-refractivity contribution in [3.8, 4) is 5.69 Å². The molecule has 0 amide bonds. The molecule has 1 aromatic carbocycles. The summed E-state index contributed by atoms with van der Waals surface area (Å²) in [5.74, 6) is 0. The van der Waals surface area contributed by atoms with Crippen molar-refractivity contribution in [2.45, 2.75) is 6.54 Å². The van der Waals surface area contributed by atoms with Crippen molar-refractivity contribution in [1.29, 1.82) is 0 Å². The monoisotopic (exact) mass is 207 g/mol. The number of benzene rings is 1. The number of nitrogens with two attached hydrogens (primary N) is 1. The number of rotatable bonds is 2. The molecule has 4 heteroatoms. The van der Waals surface area contributed by atoms with E-state index in [1.807, 2.05) is 36.5 Å². The van der Waals surface area contributed by atoms with E-state index >= 15 is 0 Å². The molecule has 2 N–H and O–H groups in total. The van der Waals surface area contributed by atoms with Crippen molar-refractivity contribution < 1.29 is 0 Å². The summed E-state index contributed by atoms with van der Waals surface area (Å²) in [5, 5.41) is 4.97. The topological polar surface area (TPSA) is 43.8 Å². The highest BCUT2D eigenvalue weighted by Gasteiger charge is 1.99. The zero-order chi connectivity index (χ0) is 9.97. The van der Waals surface area contributed by atoms with Crippen LogP contribution in [-0.4, -0.2) is 9.78 Å².